The number of fused-ring (bicyclic) bond motifs is 2. The van der Waals surface area contributed by atoms with Crippen LogP contribution in [0.5, 0.6) is 5.75 Å². The molecule has 1 saturated heterocycles. The quantitative estimate of drug-likeness (QED) is 0.672. The molecule has 0 unspecified atom stereocenters. The van der Waals surface area contributed by atoms with E-state index < -0.39 is 17.8 Å². The lowest BCUT2D eigenvalue weighted by Crippen LogP contribution is -2.57. The Morgan fingerprint density at radius 2 is 2.22 bits per heavy atom. The molecule has 23 heavy (non-hydrogen) atoms. The van der Waals surface area contributed by atoms with Crippen LogP contribution in [-0.4, -0.2) is 59.2 Å². The van der Waals surface area contributed by atoms with E-state index in [1.54, 1.807) is 4.90 Å². The van der Waals surface area contributed by atoms with Crippen molar-refractivity contribution in [3.63, 3.8) is 0 Å². The van der Waals surface area contributed by atoms with Crippen LogP contribution >= 0.6 is 27.5 Å². The lowest BCUT2D eigenvalue weighted by molar-refractivity contribution is 0.0371. The van der Waals surface area contributed by atoms with Gasteiger partial charge < -0.3 is 19.6 Å². The molecule has 0 spiro atoms. The maximum Gasteiger partial charge on any atom is 0.407 e. The second kappa shape index (κ2) is 6.16. The summed E-state index contributed by atoms with van der Waals surface area (Å²) < 4.78 is 19.8. The van der Waals surface area contributed by atoms with Gasteiger partial charge in [0.15, 0.2) is 11.6 Å². The van der Waals surface area contributed by atoms with Gasteiger partial charge in [-0.15, -0.1) is 0 Å². The highest BCUT2D eigenvalue weighted by atomic mass is 79.9. The van der Waals surface area contributed by atoms with Crippen molar-refractivity contribution in [3.8, 4) is 5.75 Å². The molecule has 0 aliphatic carbocycles. The second-order valence-electron chi connectivity index (χ2n) is 5.38. The molecule has 0 bridgehead atoms. The summed E-state index contributed by atoms with van der Waals surface area (Å²) in [6, 6.07) is 1.07. The summed E-state index contributed by atoms with van der Waals surface area (Å²) in [6.07, 6.45) is -0.590. The third kappa shape index (κ3) is 2.85. The van der Waals surface area contributed by atoms with Gasteiger partial charge in [-0.25, -0.2) is 9.18 Å². The Morgan fingerprint density at radius 1 is 1.48 bits per heavy atom. The van der Waals surface area contributed by atoms with Crippen molar-refractivity contribution >= 4 is 39.5 Å². The molecular formula is C14H13BrClFN2O4. The highest BCUT2D eigenvalue weighted by molar-refractivity contribution is 9.10. The smallest absolute Gasteiger partial charge is 0.407 e. The van der Waals surface area contributed by atoms with Crippen LogP contribution in [0.2, 0.25) is 5.02 Å². The Bertz CT molecular complexity index is 687. The van der Waals surface area contributed by atoms with Gasteiger partial charge >= 0.3 is 6.09 Å². The molecule has 2 amide bonds. The highest BCUT2D eigenvalue weighted by Crippen LogP contribution is 2.37. The first kappa shape index (κ1) is 16.3. The summed E-state index contributed by atoms with van der Waals surface area (Å²) in [5.41, 5.74) is 0.0594. The number of amides is 2. The molecule has 3 rings (SSSR count). The fourth-order valence-corrected chi connectivity index (χ4v) is 3.36. The molecule has 124 valence electrons. The number of ether oxygens (including phenoxy) is 1. The van der Waals surface area contributed by atoms with Crippen LogP contribution in [0.15, 0.2) is 10.5 Å². The van der Waals surface area contributed by atoms with Crippen molar-refractivity contribution in [3.05, 3.63) is 26.9 Å². The first-order valence-corrected chi connectivity index (χ1v) is 8.16. The van der Waals surface area contributed by atoms with Crippen LogP contribution in [0, 0.1) is 5.82 Å². The van der Waals surface area contributed by atoms with E-state index in [1.807, 2.05) is 0 Å². The third-order valence-electron chi connectivity index (χ3n) is 4.06. The molecule has 1 fully saturated rings. The minimum atomic E-state index is -1.02. The summed E-state index contributed by atoms with van der Waals surface area (Å²) in [5, 5.41) is 9.18. The van der Waals surface area contributed by atoms with E-state index in [4.69, 9.17) is 21.4 Å². The predicted molar refractivity (Wildman–Crippen MR) is 83.6 cm³/mol. The Hall–Kier alpha value is -1.54. The fourth-order valence-electron chi connectivity index (χ4n) is 2.87. The molecule has 1 atom stereocenters. The van der Waals surface area contributed by atoms with Gasteiger partial charge in [-0.3, -0.25) is 4.79 Å². The number of nitrogens with zero attached hydrogens (tertiary/aromatic N) is 2. The molecular weight excluding hydrogens is 395 g/mol. The van der Waals surface area contributed by atoms with Gasteiger partial charge in [-0.05, 0) is 22.0 Å². The average Bonchev–Trinajstić information content (AvgIpc) is 2.52. The number of rotatable bonds is 0. The Balaban J connectivity index is 1.98. The number of piperazine rings is 1. The number of hydrogen-bond donors (Lipinski definition) is 1. The number of halogens is 3. The number of carbonyl (C=O) groups is 2. The van der Waals surface area contributed by atoms with E-state index >= 15 is 0 Å². The summed E-state index contributed by atoms with van der Waals surface area (Å²) in [6.45, 7) is 0.872. The zero-order chi connectivity index (χ0) is 16.7. The molecule has 0 aromatic heterocycles. The molecule has 0 radical (unpaired) electrons. The molecule has 1 aromatic carbocycles. The van der Waals surface area contributed by atoms with Crippen LogP contribution in [-0.2, 0) is 0 Å². The molecule has 2 aliphatic rings. The van der Waals surface area contributed by atoms with Gasteiger partial charge in [0.05, 0.1) is 27.7 Å². The molecule has 6 nitrogen and oxygen atoms in total. The van der Waals surface area contributed by atoms with Crippen LogP contribution in [0.4, 0.5) is 9.18 Å². The summed E-state index contributed by atoms with van der Waals surface area (Å²) in [4.78, 5) is 26.7. The number of benzene rings is 1. The van der Waals surface area contributed by atoms with Crippen LogP contribution in [0.25, 0.3) is 0 Å². The largest absolute Gasteiger partial charge is 0.490 e. The van der Waals surface area contributed by atoms with Crippen molar-refractivity contribution in [2.45, 2.75) is 12.5 Å². The van der Waals surface area contributed by atoms with Crippen LogP contribution in [0.3, 0.4) is 0 Å². The van der Waals surface area contributed by atoms with Gasteiger partial charge in [0, 0.05) is 26.1 Å². The third-order valence-corrected chi connectivity index (χ3v) is 5.36. The molecule has 9 heteroatoms. The number of carbonyl (C=O) groups excluding carboxylic acids is 1. The normalized spacial score (nSPS) is 21.0. The van der Waals surface area contributed by atoms with Crippen molar-refractivity contribution < 1.29 is 23.8 Å². The van der Waals surface area contributed by atoms with E-state index in [0.717, 1.165) is 0 Å². The average molecular weight is 408 g/mol. The monoisotopic (exact) mass is 406 g/mol. The molecule has 1 aromatic rings. The topological polar surface area (TPSA) is 70.1 Å². The molecule has 0 saturated carbocycles. The number of hydrogen-bond acceptors (Lipinski definition) is 3. The van der Waals surface area contributed by atoms with Gasteiger partial charge in [0.2, 0.25) is 0 Å². The fraction of sp³-hybridized carbons (Fsp3) is 0.429. The standard InChI is InChI=1S/C14H13BrClFN2O4/c15-10-9(16)5-8-12(11(10)17)23-4-1-7-6-18(14(21)22)2-3-19(7)13(8)20/h5,7H,1-4,6H2,(H,21,22)/t7-/m0/s1. The minimum absolute atomic E-state index is 0.0542. The Kier molecular flexibility index (Phi) is 4.37. The van der Waals surface area contributed by atoms with Crippen molar-refractivity contribution in [2.24, 2.45) is 0 Å². The van der Waals surface area contributed by atoms with Crippen molar-refractivity contribution in [1.29, 1.82) is 0 Å². The van der Waals surface area contributed by atoms with E-state index in [-0.39, 0.29) is 53.1 Å². The second-order valence-corrected chi connectivity index (χ2v) is 6.58. The SMILES string of the molecule is O=C(O)N1CCN2C(=O)c3cc(Cl)c(Br)c(F)c3OCC[C@H]2C1. The van der Waals surface area contributed by atoms with Crippen LogP contribution < -0.4 is 4.74 Å². The maximum absolute atomic E-state index is 14.3. The van der Waals surface area contributed by atoms with Gasteiger partial charge in [-0.1, -0.05) is 11.6 Å². The number of carboxylic acid groups (broad SMARTS) is 1. The summed E-state index contributed by atoms with van der Waals surface area (Å²) in [7, 11) is 0. The predicted octanol–water partition coefficient (Wildman–Crippen LogP) is 2.83. The first-order chi connectivity index (χ1) is 10.9. The zero-order valence-electron chi connectivity index (χ0n) is 11.9. The van der Waals surface area contributed by atoms with E-state index in [1.165, 1.54) is 11.0 Å². The summed E-state index contributed by atoms with van der Waals surface area (Å²) in [5.74, 6) is -1.23. The maximum atomic E-state index is 14.3. The highest BCUT2D eigenvalue weighted by Gasteiger charge is 2.36. The van der Waals surface area contributed by atoms with Crippen molar-refractivity contribution in [2.75, 3.05) is 26.2 Å². The molecule has 2 heterocycles. The molecule has 1 N–H and O–H groups in total. The lowest BCUT2D eigenvalue weighted by Gasteiger charge is -2.41. The first-order valence-electron chi connectivity index (χ1n) is 6.99. The van der Waals surface area contributed by atoms with Gasteiger partial charge in [-0.2, -0.15) is 0 Å². The van der Waals surface area contributed by atoms with Crippen molar-refractivity contribution in [1.82, 2.24) is 9.80 Å². The van der Waals surface area contributed by atoms with Gasteiger partial charge in [0.1, 0.15) is 0 Å². The van der Waals surface area contributed by atoms with Crippen LogP contribution in [0.1, 0.15) is 16.8 Å². The minimum Gasteiger partial charge on any atom is -0.490 e. The van der Waals surface area contributed by atoms with E-state index in [9.17, 15) is 14.0 Å². The zero-order valence-corrected chi connectivity index (χ0v) is 14.2. The Morgan fingerprint density at radius 3 is 2.91 bits per heavy atom. The summed E-state index contributed by atoms with van der Waals surface area (Å²) >= 11 is 8.98. The van der Waals surface area contributed by atoms with E-state index in [2.05, 4.69) is 15.9 Å². The lowest BCUT2D eigenvalue weighted by atomic mass is 10.0. The molecule has 2 aliphatic heterocycles. The van der Waals surface area contributed by atoms with E-state index in [0.29, 0.717) is 6.42 Å². The Labute approximate surface area is 144 Å². The van der Waals surface area contributed by atoms with Gasteiger partial charge in [0.25, 0.3) is 5.91 Å².